The first-order valence-corrected chi connectivity index (χ1v) is 6.11. The standard InChI is InChI=1S/C13H15F3N2O2/c1-3-9(2)17-12(13(14,15)16)8-10-4-6-11(7-5-10)18(19)20/h4-7,9H,3,8H2,1-2H3. The van der Waals surface area contributed by atoms with Crippen molar-refractivity contribution >= 4 is 11.4 Å². The summed E-state index contributed by atoms with van der Waals surface area (Å²) in [5.41, 5.74) is -0.670. The van der Waals surface area contributed by atoms with Gasteiger partial charge in [0.25, 0.3) is 5.69 Å². The lowest BCUT2D eigenvalue weighted by Gasteiger charge is -2.13. The first-order valence-electron chi connectivity index (χ1n) is 6.11. The van der Waals surface area contributed by atoms with Crippen molar-refractivity contribution < 1.29 is 18.1 Å². The van der Waals surface area contributed by atoms with Gasteiger partial charge in [0.2, 0.25) is 0 Å². The van der Waals surface area contributed by atoms with E-state index in [0.29, 0.717) is 12.0 Å². The summed E-state index contributed by atoms with van der Waals surface area (Å²) in [6.45, 7) is 3.37. The minimum Gasteiger partial charge on any atom is -0.281 e. The summed E-state index contributed by atoms with van der Waals surface area (Å²) in [6.07, 6.45) is -4.36. The molecule has 0 N–H and O–H groups in total. The zero-order valence-corrected chi connectivity index (χ0v) is 11.1. The number of benzene rings is 1. The Morgan fingerprint density at radius 2 is 1.90 bits per heavy atom. The lowest BCUT2D eigenvalue weighted by molar-refractivity contribution is -0.384. The smallest absolute Gasteiger partial charge is 0.281 e. The predicted molar refractivity (Wildman–Crippen MR) is 70.0 cm³/mol. The number of hydrogen-bond acceptors (Lipinski definition) is 3. The first kappa shape index (κ1) is 16.1. The summed E-state index contributed by atoms with van der Waals surface area (Å²) >= 11 is 0. The molecule has 0 aliphatic heterocycles. The maximum absolute atomic E-state index is 12.9. The summed E-state index contributed by atoms with van der Waals surface area (Å²) in [5, 5.41) is 10.5. The Balaban J connectivity index is 2.96. The maximum atomic E-state index is 12.9. The molecule has 7 heteroatoms. The molecule has 0 radical (unpaired) electrons. The Labute approximate surface area is 114 Å². The molecule has 0 heterocycles. The van der Waals surface area contributed by atoms with E-state index in [1.54, 1.807) is 13.8 Å². The molecule has 0 fully saturated rings. The highest BCUT2D eigenvalue weighted by Gasteiger charge is 2.35. The lowest BCUT2D eigenvalue weighted by Crippen LogP contribution is -2.26. The fourth-order valence-electron chi connectivity index (χ4n) is 1.51. The van der Waals surface area contributed by atoms with Gasteiger partial charge in [0.15, 0.2) is 0 Å². The van der Waals surface area contributed by atoms with Crippen LogP contribution in [0.25, 0.3) is 0 Å². The number of halogens is 3. The fraction of sp³-hybridized carbons (Fsp3) is 0.462. The van der Waals surface area contributed by atoms with Crippen LogP contribution in [0.4, 0.5) is 18.9 Å². The van der Waals surface area contributed by atoms with Crippen molar-refractivity contribution in [1.82, 2.24) is 0 Å². The molecule has 1 atom stereocenters. The van der Waals surface area contributed by atoms with Gasteiger partial charge in [-0.3, -0.25) is 15.1 Å². The van der Waals surface area contributed by atoms with Crippen LogP contribution in [0.15, 0.2) is 29.3 Å². The molecule has 4 nitrogen and oxygen atoms in total. The van der Waals surface area contributed by atoms with Gasteiger partial charge in [-0.2, -0.15) is 13.2 Å². The minimum absolute atomic E-state index is 0.152. The molecule has 1 rings (SSSR count). The van der Waals surface area contributed by atoms with Gasteiger partial charge in [0, 0.05) is 24.6 Å². The molecular formula is C13H15F3N2O2. The largest absolute Gasteiger partial charge is 0.429 e. The maximum Gasteiger partial charge on any atom is 0.429 e. The highest BCUT2D eigenvalue weighted by atomic mass is 19.4. The van der Waals surface area contributed by atoms with E-state index in [4.69, 9.17) is 0 Å². The van der Waals surface area contributed by atoms with Crippen molar-refractivity contribution in [3.8, 4) is 0 Å². The number of non-ortho nitro benzene ring substituents is 1. The van der Waals surface area contributed by atoms with E-state index in [2.05, 4.69) is 4.99 Å². The summed E-state index contributed by atoms with van der Waals surface area (Å²) in [5.74, 6) is 0. The summed E-state index contributed by atoms with van der Waals surface area (Å²) in [7, 11) is 0. The average molecular weight is 288 g/mol. The molecule has 0 amide bonds. The van der Waals surface area contributed by atoms with Gasteiger partial charge >= 0.3 is 6.18 Å². The molecule has 0 bridgehead atoms. The predicted octanol–water partition coefficient (Wildman–Crippen LogP) is 3.94. The van der Waals surface area contributed by atoms with Gasteiger partial charge in [0.05, 0.1) is 4.92 Å². The molecular weight excluding hydrogens is 273 g/mol. The molecule has 110 valence electrons. The van der Waals surface area contributed by atoms with Gasteiger partial charge in [0.1, 0.15) is 5.71 Å². The monoisotopic (exact) mass is 288 g/mol. The molecule has 0 spiro atoms. The number of alkyl halides is 3. The van der Waals surface area contributed by atoms with Crippen LogP contribution in [-0.4, -0.2) is 22.9 Å². The topological polar surface area (TPSA) is 55.5 Å². The zero-order chi connectivity index (χ0) is 15.3. The van der Waals surface area contributed by atoms with E-state index in [1.807, 2.05) is 0 Å². The second-order valence-electron chi connectivity index (χ2n) is 4.43. The molecule has 0 saturated carbocycles. The SMILES string of the molecule is CCC(C)N=C(Cc1ccc([N+](=O)[O-])cc1)C(F)(F)F. The number of rotatable bonds is 5. The van der Waals surface area contributed by atoms with E-state index in [-0.39, 0.29) is 12.1 Å². The number of hydrogen-bond donors (Lipinski definition) is 0. The fourth-order valence-corrected chi connectivity index (χ4v) is 1.51. The zero-order valence-electron chi connectivity index (χ0n) is 11.1. The Morgan fingerprint density at radius 1 is 1.35 bits per heavy atom. The van der Waals surface area contributed by atoms with E-state index in [9.17, 15) is 23.3 Å². The van der Waals surface area contributed by atoms with Crippen LogP contribution in [0.3, 0.4) is 0 Å². The average Bonchev–Trinajstić information content (AvgIpc) is 2.37. The van der Waals surface area contributed by atoms with Gasteiger partial charge in [-0.25, -0.2) is 0 Å². The van der Waals surface area contributed by atoms with E-state index >= 15 is 0 Å². The number of nitro groups is 1. The number of nitrogens with zero attached hydrogens (tertiary/aromatic N) is 2. The summed E-state index contributed by atoms with van der Waals surface area (Å²) < 4.78 is 38.6. The van der Waals surface area contributed by atoms with Gasteiger partial charge in [-0.15, -0.1) is 0 Å². The summed E-state index contributed by atoms with van der Waals surface area (Å²) in [4.78, 5) is 13.6. The molecule has 20 heavy (non-hydrogen) atoms. The van der Waals surface area contributed by atoms with Crippen LogP contribution in [0.1, 0.15) is 25.8 Å². The van der Waals surface area contributed by atoms with Crippen molar-refractivity contribution in [1.29, 1.82) is 0 Å². The van der Waals surface area contributed by atoms with Crippen LogP contribution in [-0.2, 0) is 6.42 Å². The third-order valence-electron chi connectivity index (χ3n) is 2.81. The highest BCUT2D eigenvalue weighted by molar-refractivity contribution is 5.91. The highest BCUT2D eigenvalue weighted by Crippen LogP contribution is 2.22. The minimum atomic E-state index is -4.49. The molecule has 0 aliphatic rings. The van der Waals surface area contributed by atoms with Crippen molar-refractivity contribution in [2.45, 2.75) is 38.9 Å². The van der Waals surface area contributed by atoms with Crippen molar-refractivity contribution in [3.63, 3.8) is 0 Å². The van der Waals surface area contributed by atoms with E-state index < -0.39 is 22.9 Å². The normalized spacial score (nSPS) is 14.2. The van der Waals surface area contributed by atoms with Gasteiger partial charge in [-0.05, 0) is 18.9 Å². The molecule has 0 aromatic heterocycles. The molecule has 1 aromatic carbocycles. The number of nitro benzene ring substituents is 1. The van der Waals surface area contributed by atoms with Crippen LogP contribution < -0.4 is 0 Å². The molecule has 1 unspecified atom stereocenters. The van der Waals surface area contributed by atoms with Crippen molar-refractivity contribution in [3.05, 3.63) is 39.9 Å². The molecule has 1 aromatic rings. The van der Waals surface area contributed by atoms with Gasteiger partial charge < -0.3 is 0 Å². The van der Waals surface area contributed by atoms with Crippen LogP contribution in [0, 0.1) is 10.1 Å². The Bertz CT molecular complexity index is 495. The molecule has 0 aliphatic carbocycles. The first-order chi connectivity index (χ1) is 9.24. The van der Waals surface area contributed by atoms with Crippen LogP contribution >= 0.6 is 0 Å². The van der Waals surface area contributed by atoms with Gasteiger partial charge in [-0.1, -0.05) is 19.1 Å². The number of aliphatic imine (C=N–C) groups is 1. The Morgan fingerprint density at radius 3 is 2.30 bits per heavy atom. The van der Waals surface area contributed by atoms with E-state index in [1.165, 1.54) is 24.3 Å². The van der Waals surface area contributed by atoms with Crippen molar-refractivity contribution in [2.75, 3.05) is 0 Å². The third kappa shape index (κ3) is 4.64. The van der Waals surface area contributed by atoms with Crippen molar-refractivity contribution in [2.24, 2.45) is 4.99 Å². The van der Waals surface area contributed by atoms with Crippen LogP contribution in [0.5, 0.6) is 0 Å². The lowest BCUT2D eigenvalue weighted by atomic mass is 10.1. The van der Waals surface area contributed by atoms with E-state index in [0.717, 1.165) is 0 Å². The third-order valence-corrected chi connectivity index (χ3v) is 2.81. The van der Waals surface area contributed by atoms with Crippen LogP contribution in [0.2, 0.25) is 0 Å². The molecule has 0 saturated heterocycles. The second kappa shape index (κ2) is 6.49. The second-order valence-corrected chi connectivity index (χ2v) is 4.43. The Hall–Kier alpha value is -1.92. The quantitative estimate of drug-likeness (QED) is 0.468. The summed E-state index contributed by atoms with van der Waals surface area (Å²) in [6, 6.07) is 4.59. The Kier molecular flexibility index (Phi) is 5.24.